The monoisotopic (exact) mass is 378 g/mol. The second kappa shape index (κ2) is 6.43. The summed E-state index contributed by atoms with van der Waals surface area (Å²) in [5, 5.41) is 3.41. The van der Waals surface area contributed by atoms with E-state index in [1.54, 1.807) is 25.3 Å². The Balaban J connectivity index is 1.50. The Morgan fingerprint density at radius 2 is 1.81 bits per heavy atom. The Bertz CT molecular complexity index is 737. The van der Waals surface area contributed by atoms with Crippen LogP contribution in [0.15, 0.2) is 18.2 Å². The summed E-state index contributed by atoms with van der Waals surface area (Å²) < 4.78 is 10.5. The predicted octanol–water partition coefficient (Wildman–Crippen LogP) is 2.71. The first-order valence-corrected chi connectivity index (χ1v) is 9.42. The third-order valence-electron chi connectivity index (χ3n) is 5.97. The molecule has 140 valence electrons. The maximum Gasteiger partial charge on any atom is 0.231 e. The average molecular weight is 379 g/mol. The second-order valence-corrected chi connectivity index (χ2v) is 7.78. The minimum absolute atomic E-state index is 0.0714. The molecule has 1 aromatic rings. The van der Waals surface area contributed by atoms with E-state index < -0.39 is 10.8 Å². The van der Waals surface area contributed by atoms with Gasteiger partial charge in [-0.25, -0.2) is 0 Å². The van der Waals surface area contributed by atoms with E-state index in [9.17, 15) is 9.59 Å². The highest BCUT2D eigenvalue weighted by Gasteiger charge is 2.73. The minimum atomic E-state index is -0.575. The average Bonchev–Trinajstić information content (AvgIpc) is 3.55. The van der Waals surface area contributed by atoms with Crippen LogP contribution in [0.5, 0.6) is 5.75 Å². The van der Waals surface area contributed by atoms with Crippen molar-refractivity contribution in [2.45, 2.75) is 25.7 Å². The zero-order chi connectivity index (χ0) is 18.4. The van der Waals surface area contributed by atoms with E-state index in [0.29, 0.717) is 42.8 Å². The number of rotatable bonds is 5. The number of amides is 2. The molecule has 0 atom stereocenters. The van der Waals surface area contributed by atoms with Crippen molar-refractivity contribution in [2.24, 2.45) is 10.8 Å². The molecule has 1 heterocycles. The van der Waals surface area contributed by atoms with Crippen LogP contribution in [0.4, 0.5) is 5.69 Å². The summed E-state index contributed by atoms with van der Waals surface area (Å²) in [6, 6.07) is 5.17. The summed E-state index contributed by atoms with van der Waals surface area (Å²) in [6.45, 7) is 2.38. The number of methoxy groups -OCH3 is 1. The Labute approximate surface area is 157 Å². The molecule has 0 aromatic heterocycles. The molecule has 2 amide bonds. The number of carbonyl (C=O) groups excluding carboxylic acids is 2. The van der Waals surface area contributed by atoms with Gasteiger partial charge in [-0.2, -0.15) is 0 Å². The standard InChI is InChI=1S/C19H23ClN2O4/c1-25-15-3-2-13(12-14(15)20)21-16(23)18(4-5-18)19(6-7-19)17(24)22-8-10-26-11-9-22/h2-3,12H,4-11H2,1H3,(H,21,23). The third-order valence-corrected chi connectivity index (χ3v) is 6.26. The molecule has 6 nitrogen and oxygen atoms in total. The van der Waals surface area contributed by atoms with Crippen molar-refractivity contribution >= 4 is 29.1 Å². The lowest BCUT2D eigenvalue weighted by Crippen LogP contribution is -2.49. The molecule has 0 unspecified atom stereocenters. The molecule has 0 spiro atoms. The number of hydrogen-bond donors (Lipinski definition) is 1. The van der Waals surface area contributed by atoms with Crippen LogP contribution in [0.3, 0.4) is 0 Å². The molecule has 1 aromatic carbocycles. The van der Waals surface area contributed by atoms with Crippen LogP contribution < -0.4 is 10.1 Å². The van der Waals surface area contributed by atoms with E-state index in [1.165, 1.54) is 0 Å². The minimum Gasteiger partial charge on any atom is -0.495 e. The van der Waals surface area contributed by atoms with Crippen molar-refractivity contribution in [3.8, 4) is 5.75 Å². The normalized spacial score (nSPS) is 22.5. The van der Waals surface area contributed by atoms with Gasteiger partial charge in [-0.3, -0.25) is 9.59 Å². The lowest BCUT2D eigenvalue weighted by molar-refractivity contribution is -0.147. The molecule has 1 N–H and O–H groups in total. The first-order valence-electron chi connectivity index (χ1n) is 9.05. The summed E-state index contributed by atoms with van der Waals surface area (Å²) in [6.07, 6.45) is 3.11. The lowest BCUT2D eigenvalue weighted by Gasteiger charge is -2.34. The zero-order valence-corrected chi connectivity index (χ0v) is 15.6. The van der Waals surface area contributed by atoms with E-state index >= 15 is 0 Å². The summed E-state index contributed by atoms with van der Waals surface area (Å²) >= 11 is 6.15. The molecule has 0 radical (unpaired) electrons. The molecule has 7 heteroatoms. The van der Waals surface area contributed by atoms with Crippen LogP contribution in [0.1, 0.15) is 25.7 Å². The highest BCUT2D eigenvalue weighted by atomic mass is 35.5. The summed E-state index contributed by atoms with van der Waals surface area (Å²) in [4.78, 5) is 28.0. The lowest BCUT2D eigenvalue weighted by atomic mass is 9.83. The molecule has 2 saturated carbocycles. The van der Waals surface area contributed by atoms with Gasteiger partial charge in [-0.05, 0) is 43.9 Å². The summed E-state index contributed by atoms with van der Waals surface area (Å²) in [7, 11) is 1.55. The van der Waals surface area contributed by atoms with Crippen LogP contribution in [0, 0.1) is 10.8 Å². The van der Waals surface area contributed by atoms with E-state index in [4.69, 9.17) is 21.1 Å². The van der Waals surface area contributed by atoms with E-state index in [2.05, 4.69) is 5.32 Å². The van der Waals surface area contributed by atoms with E-state index in [-0.39, 0.29) is 11.8 Å². The molecule has 3 fully saturated rings. The number of morpholine rings is 1. The van der Waals surface area contributed by atoms with E-state index in [1.807, 2.05) is 4.90 Å². The summed E-state index contributed by atoms with van der Waals surface area (Å²) in [5.41, 5.74) is -0.471. The van der Waals surface area contributed by atoms with Gasteiger partial charge in [0.25, 0.3) is 0 Å². The number of anilines is 1. The Morgan fingerprint density at radius 1 is 1.15 bits per heavy atom. The number of nitrogens with one attached hydrogen (secondary N) is 1. The highest BCUT2D eigenvalue weighted by molar-refractivity contribution is 6.32. The molecular formula is C19H23ClN2O4. The fraction of sp³-hybridized carbons (Fsp3) is 0.579. The zero-order valence-electron chi connectivity index (χ0n) is 14.8. The topological polar surface area (TPSA) is 67.9 Å². The maximum atomic E-state index is 13.1. The fourth-order valence-electron chi connectivity index (χ4n) is 4.13. The van der Waals surface area contributed by atoms with Gasteiger partial charge in [0.1, 0.15) is 5.75 Å². The van der Waals surface area contributed by atoms with Crippen LogP contribution in [0.25, 0.3) is 0 Å². The fourth-order valence-corrected chi connectivity index (χ4v) is 4.39. The van der Waals surface area contributed by atoms with Gasteiger partial charge in [-0.15, -0.1) is 0 Å². The van der Waals surface area contributed by atoms with Crippen molar-refractivity contribution in [2.75, 3.05) is 38.7 Å². The van der Waals surface area contributed by atoms with Gasteiger partial charge in [0, 0.05) is 18.8 Å². The molecule has 4 rings (SSSR count). The van der Waals surface area contributed by atoms with Gasteiger partial charge < -0.3 is 19.7 Å². The number of ether oxygens (including phenoxy) is 2. The second-order valence-electron chi connectivity index (χ2n) is 7.37. The molecule has 2 aliphatic carbocycles. The van der Waals surface area contributed by atoms with Crippen LogP contribution in [-0.4, -0.2) is 50.1 Å². The molecule has 1 aliphatic heterocycles. The Morgan fingerprint density at radius 3 is 2.35 bits per heavy atom. The number of hydrogen-bond acceptors (Lipinski definition) is 4. The summed E-state index contributed by atoms with van der Waals surface area (Å²) in [5.74, 6) is 0.617. The maximum absolute atomic E-state index is 13.1. The van der Waals surface area contributed by atoms with Crippen molar-refractivity contribution in [1.82, 2.24) is 4.90 Å². The van der Waals surface area contributed by atoms with Gasteiger partial charge in [0.15, 0.2) is 0 Å². The first-order chi connectivity index (χ1) is 12.5. The molecular weight excluding hydrogens is 356 g/mol. The van der Waals surface area contributed by atoms with Crippen molar-refractivity contribution < 1.29 is 19.1 Å². The Kier molecular flexibility index (Phi) is 4.35. The molecule has 26 heavy (non-hydrogen) atoms. The van der Waals surface area contributed by atoms with Gasteiger partial charge in [-0.1, -0.05) is 11.6 Å². The van der Waals surface area contributed by atoms with Crippen LogP contribution in [-0.2, 0) is 14.3 Å². The van der Waals surface area contributed by atoms with Gasteiger partial charge in [0.05, 0.1) is 36.2 Å². The van der Waals surface area contributed by atoms with Gasteiger partial charge in [0.2, 0.25) is 11.8 Å². The molecule has 1 saturated heterocycles. The number of nitrogens with zero attached hydrogens (tertiary/aromatic N) is 1. The van der Waals surface area contributed by atoms with Crippen LogP contribution >= 0.6 is 11.6 Å². The Hall–Kier alpha value is -1.79. The van der Waals surface area contributed by atoms with Crippen molar-refractivity contribution in [1.29, 1.82) is 0 Å². The quantitative estimate of drug-likeness (QED) is 0.855. The van der Waals surface area contributed by atoms with Crippen molar-refractivity contribution in [3.05, 3.63) is 23.2 Å². The predicted molar refractivity (Wildman–Crippen MR) is 97.4 cm³/mol. The smallest absolute Gasteiger partial charge is 0.231 e. The number of benzene rings is 1. The first kappa shape index (κ1) is 17.6. The largest absolute Gasteiger partial charge is 0.495 e. The number of carbonyl (C=O) groups is 2. The van der Waals surface area contributed by atoms with E-state index in [0.717, 1.165) is 25.7 Å². The van der Waals surface area contributed by atoms with Crippen LogP contribution in [0.2, 0.25) is 5.02 Å². The highest BCUT2D eigenvalue weighted by Crippen LogP contribution is 2.71. The molecule has 0 bridgehead atoms. The third kappa shape index (κ3) is 2.76. The van der Waals surface area contributed by atoms with Gasteiger partial charge >= 0.3 is 0 Å². The number of halogens is 1. The molecule has 3 aliphatic rings. The SMILES string of the molecule is COc1ccc(NC(=O)C2(C3(C(=O)N4CCOCC4)CC3)CC2)cc1Cl. The van der Waals surface area contributed by atoms with Crippen molar-refractivity contribution in [3.63, 3.8) is 0 Å².